The molecule has 2 aliphatic heterocycles. The van der Waals surface area contributed by atoms with Crippen molar-refractivity contribution in [2.24, 2.45) is 5.16 Å². The molecule has 1 aromatic rings. The summed E-state index contributed by atoms with van der Waals surface area (Å²) in [7, 11) is 0. The molecule has 3 rings (SSSR count). The molecule has 2 aliphatic rings. The Hall–Kier alpha value is -3.36. The molecule has 26 heavy (non-hydrogen) atoms. The van der Waals surface area contributed by atoms with Gasteiger partial charge in [-0.3, -0.25) is 14.6 Å². The minimum Gasteiger partial charge on any atom is -0.388 e. The Labute approximate surface area is 147 Å². The standard InChI is InChI=1S/C17H17N5O4/c1-9-6-12-13(7-10(9)2)22(5-4-18-26-8-11(3)23)15-14(19-12)16(24)21-17(25)20-15/h4,6-7H,5,8H2,1-3H3,(H,21,24,25)/b18-4+. The lowest BCUT2D eigenvalue weighted by molar-refractivity contribution is -0.121. The second-order valence-corrected chi connectivity index (χ2v) is 5.95. The van der Waals surface area contributed by atoms with E-state index < -0.39 is 11.2 Å². The summed E-state index contributed by atoms with van der Waals surface area (Å²) in [6.07, 6.45) is 1.43. The molecule has 0 unspecified atom stereocenters. The van der Waals surface area contributed by atoms with Crippen LogP contribution in [-0.2, 0) is 16.2 Å². The molecule has 9 heteroatoms. The maximum absolute atomic E-state index is 12.1. The molecule has 0 aromatic heterocycles. The molecule has 1 aromatic carbocycles. The SMILES string of the molecule is CC(=O)CO/N=C/Cn1c2nc(=O)[nH]c(=O)c-2nc2cc(C)c(C)cc21. The van der Waals surface area contributed by atoms with Crippen LogP contribution in [0.1, 0.15) is 18.1 Å². The number of benzene rings is 1. The van der Waals surface area contributed by atoms with Crippen LogP contribution in [0, 0.1) is 13.8 Å². The highest BCUT2D eigenvalue weighted by atomic mass is 16.6. The van der Waals surface area contributed by atoms with Gasteiger partial charge in [-0.1, -0.05) is 5.16 Å². The number of aromatic amines is 1. The van der Waals surface area contributed by atoms with Crippen molar-refractivity contribution in [1.29, 1.82) is 0 Å². The van der Waals surface area contributed by atoms with E-state index >= 15 is 0 Å². The number of carbonyl (C=O) groups excluding carboxylic acids is 1. The smallest absolute Gasteiger partial charge is 0.349 e. The first-order valence-electron chi connectivity index (χ1n) is 7.92. The lowest BCUT2D eigenvalue weighted by Gasteiger charge is -2.16. The molecule has 0 fully saturated rings. The number of nitrogens with zero attached hydrogens (tertiary/aromatic N) is 4. The van der Waals surface area contributed by atoms with Gasteiger partial charge in [0.25, 0.3) is 5.56 Å². The van der Waals surface area contributed by atoms with E-state index in [1.807, 2.05) is 26.0 Å². The predicted octanol–water partition coefficient (Wildman–Crippen LogP) is 0.793. The van der Waals surface area contributed by atoms with Gasteiger partial charge in [0.05, 0.1) is 23.8 Å². The maximum atomic E-state index is 12.1. The zero-order valence-electron chi connectivity index (χ0n) is 14.6. The molecular formula is C17H17N5O4. The Morgan fingerprint density at radius 1 is 1.27 bits per heavy atom. The number of Topliss-reactive ketones (excluding diaryl/α,β-unsaturated/α-hetero) is 1. The molecular weight excluding hydrogens is 338 g/mol. The number of H-pyrrole nitrogens is 1. The van der Waals surface area contributed by atoms with E-state index in [4.69, 9.17) is 4.84 Å². The first-order valence-corrected chi connectivity index (χ1v) is 7.92. The summed E-state index contributed by atoms with van der Waals surface area (Å²) in [5.74, 6) is 0.0115. The normalized spacial score (nSPS) is 11.5. The molecule has 0 radical (unpaired) electrons. The van der Waals surface area contributed by atoms with Gasteiger partial charge >= 0.3 is 5.69 Å². The van der Waals surface area contributed by atoms with Crippen molar-refractivity contribution in [3.63, 3.8) is 0 Å². The lowest BCUT2D eigenvalue weighted by atomic mass is 10.1. The van der Waals surface area contributed by atoms with Crippen LogP contribution >= 0.6 is 0 Å². The van der Waals surface area contributed by atoms with E-state index in [1.54, 1.807) is 4.57 Å². The molecule has 0 saturated heterocycles. The van der Waals surface area contributed by atoms with Gasteiger partial charge in [0.15, 0.2) is 23.9 Å². The zero-order valence-corrected chi connectivity index (χ0v) is 14.6. The molecule has 134 valence electrons. The number of hydrogen-bond acceptors (Lipinski definition) is 7. The monoisotopic (exact) mass is 355 g/mol. The third-order valence-electron chi connectivity index (χ3n) is 3.91. The van der Waals surface area contributed by atoms with Crippen LogP contribution < -0.4 is 11.2 Å². The highest BCUT2D eigenvalue weighted by Gasteiger charge is 2.18. The minimum atomic E-state index is -0.744. The molecule has 1 N–H and O–H groups in total. The first kappa shape index (κ1) is 17.5. The molecule has 0 amide bonds. The van der Waals surface area contributed by atoms with Crippen LogP contribution in [-0.4, -0.2) is 38.1 Å². The van der Waals surface area contributed by atoms with Crippen molar-refractivity contribution in [2.45, 2.75) is 27.3 Å². The van der Waals surface area contributed by atoms with Crippen molar-refractivity contribution >= 4 is 23.0 Å². The van der Waals surface area contributed by atoms with Gasteiger partial charge in [-0.05, 0) is 44.0 Å². The number of nitrogens with one attached hydrogen (secondary N) is 1. The molecule has 0 bridgehead atoms. The van der Waals surface area contributed by atoms with Gasteiger partial charge in [-0.2, -0.15) is 4.98 Å². The van der Waals surface area contributed by atoms with Crippen molar-refractivity contribution in [3.8, 4) is 11.5 Å². The van der Waals surface area contributed by atoms with E-state index in [0.717, 1.165) is 11.1 Å². The van der Waals surface area contributed by atoms with Crippen LogP contribution in [0.5, 0.6) is 0 Å². The van der Waals surface area contributed by atoms with Gasteiger partial charge in [-0.15, -0.1) is 0 Å². The highest BCUT2D eigenvalue weighted by Crippen LogP contribution is 2.23. The van der Waals surface area contributed by atoms with E-state index in [2.05, 4.69) is 20.1 Å². The second kappa shape index (κ2) is 6.87. The Morgan fingerprint density at radius 2 is 2.00 bits per heavy atom. The summed E-state index contributed by atoms with van der Waals surface area (Å²) < 4.78 is 1.67. The number of hydrogen-bond donors (Lipinski definition) is 1. The fourth-order valence-corrected chi connectivity index (χ4v) is 2.53. The Kier molecular flexibility index (Phi) is 4.61. The summed E-state index contributed by atoms with van der Waals surface area (Å²) in [4.78, 5) is 49.9. The average Bonchev–Trinajstić information content (AvgIpc) is 2.56. The summed E-state index contributed by atoms with van der Waals surface area (Å²) >= 11 is 0. The van der Waals surface area contributed by atoms with E-state index in [1.165, 1.54) is 13.1 Å². The van der Waals surface area contributed by atoms with Gasteiger partial charge < -0.3 is 9.40 Å². The lowest BCUT2D eigenvalue weighted by Crippen LogP contribution is -2.29. The summed E-state index contributed by atoms with van der Waals surface area (Å²) in [5.41, 5.74) is 2.09. The number of aryl methyl sites for hydroxylation is 2. The van der Waals surface area contributed by atoms with Crippen molar-refractivity contribution in [3.05, 3.63) is 44.1 Å². The quantitative estimate of drug-likeness (QED) is 0.410. The van der Waals surface area contributed by atoms with Crippen molar-refractivity contribution < 1.29 is 9.63 Å². The number of carbonyl (C=O) groups is 1. The molecule has 0 aliphatic carbocycles. The highest BCUT2D eigenvalue weighted by molar-refractivity contribution is 5.82. The van der Waals surface area contributed by atoms with E-state index in [-0.39, 0.29) is 30.5 Å². The zero-order chi connectivity index (χ0) is 18.8. The summed E-state index contributed by atoms with van der Waals surface area (Å²) in [6.45, 7) is 5.36. The number of aromatic nitrogens is 4. The number of oxime groups is 1. The molecule has 0 saturated carbocycles. The van der Waals surface area contributed by atoms with E-state index in [9.17, 15) is 14.4 Å². The van der Waals surface area contributed by atoms with Crippen LogP contribution in [0.4, 0.5) is 0 Å². The fraction of sp³-hybridized carbons (Fsp3) is 0.294. The van der Waals surface area contributed by atoms with Crippen molar-refractivity contribution in [1.82, 2.24) is 19.5 Å². The Morgan fingerprint density at radius 3 is 2.73 bits per heavy atom. The van der Waals surface area contributed by atoms with Crippen LogP contribution in [0.3, 0.4) is 0 Å². The molecule has 0 atom stereocenters. The van der Waals surface area contributed by atoms with Gasteiger partial charge in [0.2, 0.25) is 0 Å². The third kappa shape index (κ3) is 3.37. The largest absolute Gasteiger partial charge is 0.388 e. The van der Waals surface area contributed by atoms with Crippen LogP contribution in [0.25, 0.3) is 22.6 Å². The van der Waals surface area contributed by atoms with Gasteiger partial charge in [-0.25, -0.2) is 9.78 Å². The number of fused-ring (bicyclic) bond motifs is 2. The molecule has 2 heterocycles. The number of rotatable bonds is 5. The Balaban J connectivity index is 2.18. The Bertz CT molecular complexity index is 1110. The van der Waals surface area contributed by atoms with Gasteiger partial charge in [0.1, 0.15) is 0 Å². The van der Waals surface area contributed by atoms with E-state index in [0.29, 0.717) is 11.0 Å². The second-order valence-electron chi connectivity index (χ2n) is 5.95. The third-order valence-corrected chi connectivity index (χ3v) is 3.91. The fourth-order valence-electron chi connectivity index (χ4n) is 2.53. The topological polar surface area (TPSA) is 119 Å². The van der Waals surface area contributed by atoms with Gasteiger partial charge in [0, 0.05) is 0 Å². The van der Waals surface area contributed by atoms with Crippen molar-refractivity contribution in [2.75, 3.05) is 6.61 Å². The average molecular weight is 355 g/mol. The molecule has 0 spiro atoms. The maximum Gasteiger partial charge on any atom is 0.349 e. The van der Waals surface area contributed by atoms with Crippen LogP contribution in [0.2, 0.25) is 0 Å². The first-order chi connectivity index (χ1) is 12.4. The molecule has 9 nitrogen and oxygen atoms in total. The van der Waals surface area contributed by atoms with Crippen LogP contribution in [0.15, 0.2) is 26.9 Å². The summed E-state index contributed by atoms with van der Waals surface area (Å²) in [6, 6.07) is 3.78. The number of ketones is 1. The minimum absolute atomic E-state index is 0.0680. The predicted molar refractivity (Wildman–Crippen MR) is 95.6 cm³/mol. The summed E-state index contributed by atoms with van der Waals surface area (Å²) in [5, 5.41) is 3.73.